The molecule has 1 aliphatic rings. The highest BCUT2D eigenvalue weighted by Crippen LogP contribution is 2.36. The molecule has 0 unspecified atom stereocenters. The van der Waals surface area contributed by atoms with E-state index in [1.807, 2.05) is 13.8 Å². The number of imide groups is 1. The summed E-state index contributed by atoms with van der Waals surface area (Å²) in [5.41, 5.74) is 2.93. The molecule has 6 nitrogen and oxygen atoms in total. The van der Waals surface area contributed by atoms with Crippen molar-refractivity contribution >= 4 is 40.4 Å². The topological polar surface area (TPSA) is 67.9 Å². The number of hydrogen-bond donors (Lipinski definition) is 1. The van der Waals surface area contributed by atoms with Gasteiger partial charge in [0.15, 0.2) is 0 Å². The zero-order valence-corrected chi connectivity index (χ0v) is 19.3. The summed E-state index contributed by atoms with van der Waals surface area (Å²) in [7, 11) is 1.57. The third kappa shape index (κ3) is 4.43. The maximum Gasteiger partial charge on any atom is 0.282 e. The molecule has 0 saturated heterocycles. The van der Waals surface area contributed by atoms with Crippen LogP contribution in [0.4, 0.5) is 11.4 Å². The van der Waals surface area contributed by atoms with E-state index in [-0.39, 0.29) is 11.3 Å². The summed E-state index contributed by atoms with van der Waals surface area (Å²) in [5, 5.41) is 3.59. The van der Waals surface area contributed by atoms with Gasteiger partial charge in [0.1, 0.15) is 17.2 Å². The first-order valence-corrected chi connectivity index (χ1v) is 10.8. The number of ether oxygens (including phenoxy) is 2. The van der Waals surface area contributed by atoms with Crippen LogP contribution < -0.4 is 19.7 Å². The van der Waals surface area contributed by atoms with Crippen molar-refractivity contribution in [1.82, 2.24) is 0 Å². The number of hydrogen-bond acceptors (Lipinski definition) is 5. The lowest BCUT2D eigenvalue weighted by molar-refractivity contribution is -0.120. The van der Waals surface area contributed by atoms with Gasteiger partial charge in [-0.2, -0.15) is 0 Å². The predicted octanol–water partition coefficient (Wildman–Crippen LogP) is 5.45. The molecule has 0 saturated carbocycles. The van der Waals surface area contributed by atoms with E-state index in [1.54, 1.807) is 73.8 Å². The number of carbonyl (C=O) groups is 2. The van der Waals surface area contributed by atoms with E-state index in [0.717, 1.165) is 16.2 Å². The third-order valence-electron chi connectivity index (χ3n) is 5.31. The molecule has 0 radical (unpaired) electrons. The second kappa shape index (κ2) is 9.38. The van der Waals surface area contributed by atoms with E-state index in [9.17, 15) is 9.59 Å². The normalized spacial score (nSPS) is 13.5. The van der Waals surface area contributed by atoms with Crippen LogP contribution >= 0.6 is 11.6 Å². The fourth-order valence-electron chi connectivity index (χ4n) is 3.66. The number of nitrogens with one attached hydrogen (secondary N) is 1. The molecule has 2 amide bonds. The summed E-state index contributed by atoms with van der Waals surface area (Å²) in [4.78, 5) is 28.3. The van der Waals surface area contributed by atoms with Gasteiger partial charge in [0, 0.05) is 10.7 Å². The minimum atomic E-state index is -0.454. The Morgan fingerprint density at radius 2 is 1.58 bits per heavy atom. The van der Waals surface area contributed by atoms with Crippen molar-refractivity contribution in [3.63, 3.8) is 0 Å². The molecule has 0 aliphatic carbocycles. The van der Waals surface area contributed by atoms with Crippen molar-refractivity contribution in [2.24, 2.45) is 0 Å². The molecule has 0 spiro atoms. The fourth-order valence-corrected chi connectivity index (χ4v) is 3.83. The molecule has 0 atom stereocenters. The second-order valence-corrected chi connectivity index (χ2v) is 7.87. The maximum atomic E-state index is 13.6. The molecule has 168 valence electrons. The number of halogens is 1. The largest absolute Gasteiger partial charge is 0.497 e. The van der Waals surface area contributed by atoms with Crippen LogP contribution in [0.3, 0.4) is 0 Å². The number of amides is 2. The van der Waals surface area contributed by atoms with Crippen LogP contribution in [0, 0.1) is 6.92 Å². The predicted molar refractivity (Wildman–Crippen MR) is 130 cm³/mol. The lowest BCUT2D eigenvalue weighted by Crippen LogP contribution is -2.33. The average molecular weight is 463 g/mol. The van der Waals surface area contributed by atoms with Gasteiger partial charge in [-0.15, -0.1) is 0 Å². The van der Waals surface area contributed by atoms with Crippen molar-refractivity contribution in [3.05, 3.63) is 88.6 Å². The Balaban J connectivity index is 1.79. The van der Waals surface area contributed by atoms with Gasteiger partial charge in [0.2, 0.25) is 0 Å². The first kappa shape index (κ1) is 22.4. The van der Waals surface area contributed by atoms with Crippen molar-refractivity contribution < 1.29 is 19.1 Å². The number of anilines is 2. The van der Waals surface area contributed by atoms with Gasteiger partial charge in [0.25, 0.3) is 11.8 Å². The Kier molecular flexibility index (Phi) is 6.38. The van der Waals surface area contributed by atoms with Gasteiger partial charge in [0.05, 0.1) is 25.0 Å². The highest BCUT2D eigenvalue weighted by Gasteiger charge is 2.41. The lowest BCUT2D eigenvalue weighted by atomic mass is 10.0. The van der Waals surface area contributed by atoms with Crippen LogP contribution in [-0.2, 0) is 9.59 Å². The van der Waals surface area contributed by atoms with E-state index in [1.165, 1.54) is 0 Å². The molecule has 1 heterocycles. The summed E-state index contributed by atoms with van der Waals surface area (Å²) in [5.74, 6) is 0.492. The fraction of sp³-hybridized carbons (Fsp3) is 0.154. The molecule has 3 aromatic rings. The molecule has 0 fully saturated rings. The van der Waals surface area contributed by atoms with Crippen molar-refractivity contribution in [3.8, 4) is 11.5 Å². The summed E-state index contributed by atoms with van der Waals surface area (Å²) in [6.07, 6.45) is 0. The van der Waals surface area contributed by atoms with Crippen LogP contribution in [-0.4, -0.2) is 25.5 Å². The molecule has 0 aromatic heterocycles. The molecule has 4 rings (SSSR count). The van der Waals surface area contributed by atoms with Gasteiger partial charge in [-0.1, -0.05) is 29.8 Å². The Morgan fingerprint density at radius 1 is 0.909 bits per heavy atom. The SMILES string of the molecule is CCOc1ccc(NC2=C(c3ccc(OC)cc3)C(=O)N(c3cc(Cl)ccc3C)C2=O)cc1. The Morgan fingerprint density at radius 3 is 2.21 bits per heavy atom. The van der Waals surface area contributed by atoms with Crippen LogP contribution in [0.15, 0.2) is 72.4 Å². The average Bonchev–Trinajstić information content (AvgIpc) is 3.06. The maximum absolute atomic E-state index is 13.6. The van der Waals surface area contributed by atoms with E-state index >= 15 is 0 Å². The Labute approximate surface area is 197 Å². The first-order chi connectivity index (χ1) is 15.9. The van der Waals surface area contributed by atoms with Gasteiger partial charge < -0.3 is 14.8 Å². The summed E-state index contributed by atoms with van der Waals surface area (Å²) >= 11 is 6.18. The second-order valence-electron chi connectivity index (χ2n) is 7.44. The zero-order chi connectivity index (χ0) is 23.5. The molecule has 0 bridgehead atoms. The number of aryl methyl sites for hydroxylation is 1. The van der Waals surface area contributed by atoms with E-state index in [2.05, 4.69) is 5.32 Å². The zero-order valence-electron chi connectivity index (χ0n) is 18.5. The van der Waals surface area contributed by atoms with Crippen molar-refractivity contribution in [2.75, 3.05) is 23.9 Å². The van der Waals surface area contributed by atoms with Crippen molar-refractivity contribution in [1.29, 1.82) is 0 Å². The Hall–Kier alpha value is -3.77. The monoisotopic (exact) mass is 462 g/mol. The molecule has 3 aromatic carbocycles. The van der Waals surface area contributed by atoms with E-state index < -0.39 is 11.8 Å². The number of methoxy groups -OCH3 is 1. The number of benzene rings is 3. The number of carbonyl (C=O) groups excluding carboxylic acids is 2. The third-order valence-corrected chi connectivity index (χ3v) is 5.54. The number of nitrogens with zero attached hydrogens (tertiary/aromatic N) is 1. The smallest absolute Gasteiger partial charge is 0.282 e. The van der Waals surface area contributed by atoms with Gasteiger partial charge >= 0.3 is 0 Å². The summed E-state index contributed by atoms with van der Waals surface area (Å²) in [6.45, 7) is 4.30. The minimum absolute atomic E-state index is 0.189. The molecule has 7 heteroatoms. The van der Waals surface area contributed by atoms with E-state index in [0.29, 0.717) is 34.3 Å². The van der Waals surface area contributed by atoms with Crippen molar-refractivity contribution in [2.45, 2.75) is 13.8 Å². The molecule has 1 N–H and O–H groups in total. The lowest BCUT2D eigenvalue weighted by Gasteiger charge is -2.18. The van der Waals surface area contributed by atoms with Gasteiger partial charge in [-0.25, -0.2) is 4.90 Å². The van der Waals surface area contributed by atoms with Gasteiger partial charge in [-0.05, 0) is 73.5 Å². The highest BCUT2D eigenvalue weighted by atomic mass is 35.5. The molecular formula is C26H23ClN2O4. The Bertz CT molecular complexity index is 1230. The quantitative estimate of drug-likeness (QED) is 0.473. The summed E-state index contributed by atoms with van der Waals surface area (Å²) in [6, 6.07) is 19.4. The van der Waals surface area contributed by atoms with Crippen LogP contribution in [0.2, 0.25) is 5.02 Å². The molecule has 1 aliphatic heterocycles. The summed E-state index contributed by atoms with van der Waals surface area (Å²) < 4.78 is 10.7. The minimum Gasteiger partial charge on any atom is -0.497 e. The first-order valence-electron chi connectivity index (χ1n) is 10.5. The van der Waals surface area contributed by atoms with Crippen LogP contribution in [0.1, 0.15) is 18.1 Å². The van der Waals surface area contributed by atoms with Gasteiger partial charge in [-0.3, -0.25) is 9.59 Å². The molecular weight excluding hydrogens is 440 g/mol. The number of rotatable bonds is 7. The molecule has 33 heavy (non-hydrogen) atoms. The van der Waals surface area contributed by atoms with E-state index in [4.69, 9.17) is 21.1 Å². The standard InChI is InChI=1S/C26H23ClN2O4/c1-4-33-21-13-9-19(10-14-21)28-24-23(17-6-11-20(32-3)12-7-17)25(30)29(26(24)31)22-15-18(27)8-5-16(22)2/h5-15,28H,4H2,1-3H3. The highest BCUT2D eigenvalue weighted by molar-refractivity contribution is 6.46. The van der Waals surface area contributed by atoms with Crippen LogP contribution in [0.5, 0.6) is 11.5 Å². The van der Waals surface area contributed by atoms with Crippen LogP contribution in [0.25, 0.3) is 5.57 Å².